The van der Waals surface area contributed by atoms with Crippen LogP contribution in [-0.4, -0.2) is 35.8 Å². The third kappa shape index (κ3) is 3.19. The highest BCUT2D eigenvalue weighted by molar-refractivity contribution is 5.90. The fourth-order valence-electron chi connectivity index (χ4n) is 2.61. The molecule has 1 aliphatic rings. The molecule has 122 valence electrons. The zero-order chi connectivity index (χ0) is 16.4. The summed E-state index contributed by atoms with van der Waals surface area (Å²) in [5.41, 5.74) is 1.65. The van der Waals surface area contributed by atoms with Gasteiger partial charge >= 0.3 is 6.03 Å². The number of benzene rings is 1. The van der Waals surface area contributed by atoms with Gasteiger partial charge in [0.1, 0.15) is 23.3 Å². The predicted octanol–water partition coefficient (Wildman–Crippen LogP) is 3.04. The third-order valence-corrected chi connectivity index (χ3v) is 3.87. The molecule has 2 heterocycles. The second kappa shape index (κ2) is 6.37. The Bertz CT molecular complexity index is 697. The monoisotopic (exact) mass is 319 g/mol. The Hall–Kier alpha value is -2.41. The molecule has 6 nitrogen and oxygen atoms in total. The molecule has 23 heavy (non-hydrogen) atoms. The average molecular weight is 319 g/mol. The Morgan fingerprint density at radius 3 is 2.87 bits per heavy atom. The minimum absolute atomic E-state index is 0.274. The SMILES string of the molecule is Cc1noc(C)c1NC(=O)N1CCOC(c2ccccc2F)C1. The standard InChI is InChI=1S/C16H18FN3O3/c1-10-15(11(2)23-19-10)18-16(21)20-7-8-22-14(9-20)12-5-3-4-6-13(12)17/h3-6,14H,7-9H2,1-2H3,(H,18,21). The number of aryl methyl sites for hydroxylation is 2. The maximum atomic E-state index is 13.9. The summed E-state index contributed by atoms with van der Waals surface area (Å²) in [6, 6.07) is 6.18. The smallest absolute Gasteiger partial charge is 0.322 e. The first kappa shape index (κ1) is 15.5. The Morgan fingerprint density at radius 2 is 2.17 bits per heavy atom. The maximum absolute atomic E-state index is 13.9. The van der Waals surface area contributed by atoms with Gasteiger partial charge in [-0.05, 0) is 19.9 Å². The number of rotatable bonds is 2. The Labute approximate surface area is 133 Å². The van der Waals surface area contributed by atoms with E-state index >= 15 is 0 Å². The van der Waals surface area contributed by atoms with Gasteiger partial charge in [0, 0.05) is 12.1 Å². The molecule has 2 amide bonds. The van der Waals surface area contributed by atoms with Crippen LogP contribution in [0.25, 0.3) is 0 Å². The summed E-state index contributed by atoms with van der Waals surface area (Å²) in [7, 11) is 0. The summed E-state index contributed by atoms with van der Waals surface area (Å²) < 4.78 is 24.5. The lowest BCUT2D eigenvalue weighted by atomic mass is 10.1. The van der Waals surface area contributed by atoms with Crippen molar-refractivity contribution in [2.24, 2.45) is 0 Å². The van der Waals surface area contributed by atoms with Crippen LogP contribution in [0.3, 0.4) is 0 Å². The molecular formula is C16H18FN3O3. The number of ether oxygens (including phenoxy) is 1. The number of aromatic nitrogens is 1. The van der Waals surface area contributed by atoms with Crippen molar-refractivity contribution < 1.29 is 18.4 Å². The molecule has 0 spiro atoms. The molecule has 0 aliphatic carbocycles. The second-order valence-electron chi connectivity index (χ2n) is 5.46. The molecule has 1 atom stereocenters. The molecule has 0 saturated carbocycles. The van der Waals surface area contributed by atoms with Crippen molar-refractivity contribution in [3.05, 3.63) is 47.1 Å². The van der Waals surface area contributed by atoms with Crippen LogP contribution in [-0.2, 0) is 4.74 Å². The number of morpholine rings is 1. The first-order chi connectivity index (χ1) is 11.1. The molecule has 3 rings (SSSR count). The zero-order valence-corrected chi connectivity index (χ0v) is 13.0. The molecule has 0 bridgehead atoms. The molecule has 7 heteroatoms. The van der Waals surface area contributed by atoms with Gasteiger partial charge in [0.25, 0.3) is 0 Å². The van der Waals surface area contributed by atoms with Gasteiger partial charge in [-0.25, -0.2) is 9.18 Å². The topological polar surface area (TPSA) is 67.6 Å². The number of amides is 2. The van der Waals surface area contributed by atoms with E-state index in [1.54, 1.807) is 36.9 Å². The van der Waals surface area contributed by atoms with Crippen LogP contribution in [0.5, 0.6) is 0 Å². The lowest BCUT2D eigenvalue weighted by Crippen LogP contribution is -2.44. The van der Waals surface area contributed by atoms with E-state index in [0.717, 1.165) is 0 Å². The molecule has 1 aromatic carbocycles. The minimum Gasteiger partial charge on any atom is -0.370 e. The molecule has 1 N–H and O–H groups in total. The van der Waals surface area contributed by atoms with Gasteiger partial charge < -0.3 is 19.5 Å². The summed E-state index contributed by atoms with van der Waals surface area (Å²) in [4.78, 5) is 14.0. The van der Waals surface area contributed by atoms with E-state index in [4.69, 9.17) is 9.26 Å². The van der Waals surface area contributed by atoms with Gasteiger partial charge in [0.05, 0.1) is 13.2 Å². The van der Waals surface area contributed by atoms with Gasteiger partial charge in [-0.3, -0.25) is 0 Å². The first-order valence-corrected chi connectivity index (χ1v) is 7.41. The van der Waals surface area contributed by atoms with Crippen LogP contribution >= 0.6 is 0 Å². The van der Waals surface area contributed by atoms with Crippen molar-refractivity contribution in [2.45, 2.75) is 20.0 Å². The van der Waals surface area contributed by atoms with E-state index in [1.807, 2.05) is 0 Å². The number of nitrogens with zero attached hydrogens (tertiary/aromatic N) is 2. The van der Waals surface area contributed by atoms with Crippen molar-refractivity contribution in [1.82, 2.24) is 10.1 Å². The van der Waals surface area contributed by atoms with Gasteiger partial charge in [-0.15, -0.1) is 0 Å². The Kier molecular flexibility index (Phi) is 4.29. The van der Waals surface area contributed by atoms with E-state index in [-0.39, 0.29) is 18.4 Å². The van der Waals surface area contributed by atoms with Crippen molar-refractivity contribution in [1.29, 1.82) is 0 Å². The van der Waals surface area contributed by atoms with Crippen LogP contribution in [0.1, 0.15) is 23.1 Å². The van der Waals surface area contributed by atoms with E-state index in [0.29, 0.717) is 35.9 Å². The lowest BCUT2D eigenvalue weighted by Gasteiger charge is -2.33. The molecule has 1 fully saturated rings. The predicted molar refractivity (Wildman–Crippen MR) is 81.7 cm³/mol. The first-order valence-electron chi connectivity index (χ1n) is 7.41. The highest BCUT2D eigenvalue weighted by atomic mass is 19.1. The van der Waals surface area contributed by atoms with Crippen LogP contribution in [0.2, 0.25) is 0 Å². The highest BCUT2D eigenvalue weighted by Crippen LogP contribution is 2.25. The summed E-state index contributed by atoms with van der Waals surface area (Å²) >= 11 is 0. The molecule has 1 saturated heterocycles. The minimum atomic E-state index is -0.472. The normalized spacial score (nSPS) is 18.0. The molecule has 0 radical (unpaired) electrons. The van der Waals surface area contributed by atoms with Crippen molar-refractivity contribution in [3.8, 4) is 0 Å². The Morgan fingerprint density at radius 1 is 1.39 bits per heavy atom. The molecule has 1 unspecified atom stereocenters. The van der Waals surface area contributed by atoms with Crippen LogP contribution in [0, 0.1) is 19.7 Å². The number of halogens is 1. The van der Waals surface area contributed by atoms with Crippen LogP contribution in [0.15, 0.2) is 28.8 Å². The fraction of sp³-hybridized carbons (Fsp3) is 0.375. The number of nitrogens with one attached hydrogen (secondary N) is 1. The summed E-state index contributed by atoms with van der Waals surface area (Å²) in [6.07, 6.45) is -0.472. The second-order valence-corrected chi connectivity index (χ2v) is 5.46. The summed E-state index contributed by atoms with van der Waals surface area (Å²) in [5, 5.41) is 6.60. The lowest BCUT2D eigenvalue weighted by molar-refractivity contribution is -0.0152. The Balaban J connectivity index is 1.71. The molecule has 2 aromatic rings. The zero-order valence-electron chi connectivity index (χ0n) is 13.0. The number of urea groups is 1. The largest absolute Gasteiger partial charge is 0.370 e. The van der Waals surface area contributed by atoms with Crippen molar-refractivity contribution in [2.75, 3.05) is 25.0 Å². The van der Waals surface area contributed by atoms with E-state index in [1.165, 1.54) is 6.07 Å². The van der Waals surface area contributed by atoms with E-state index < -0.39 is 6.10 Å². The quantitative estimate of drug-likeness (QED) is 0.924. The maximum Gasteiger partial charge on any atom is 0.322 e. The van der Waals surface area contributed by atoms with Crippen LogP contribution < -0.4 is 5.32 Å². The molecule has 1 aromatic heterocycles. The molecular weight excluding hydrogens is 301 g/mol. The third-order valence-electron chi connectivity index (χ3n) is 3.87. The summed E-state index contributed by atoms with van der Waals surface area (Å²) in [6.45, 7) is 4.58. The molecule has 1 aliphatic heterocycles. The van der Waals surface area contributed by atoms with E-state index in [9.17, 15) is 9.18 Å². The number of hydrogen-bond acceptors (Lipinski definition) is 4. The van der Waals surface area contributed by atoms with Gasteiger partial charge in [0.2, 0.25) is 0 Å². The fourth-order valence-corrected chi connectivity index (χ4v) is 2.61. The van der Waals surface area contributed by atoms with Crippen molar-refractivity contribution >= 4 is 11.7 Å². The van der Waals surface area contributed by atoms with Gasteiger partial charge in [0.15, 0.2) is 5.76 Å². The number of anilines is 1. The summed E-state index contributed by atoms with van der Waals surface area (Å²) in [5.74, 6) is 0.222. The van der Waals surface area contributed by atoms with Gasteiger partial charge in [-0.2, -0.15) is 0 Å². The number of carbonyl (C=O) groups excluding carboxylic acids is 1. The van der Waals surface area contributed by atoms with Gasteiger partial charge in [-0.1, -0.05) is 23.4 Å². The number of hydrogen-bond donors (Lipinski definition) is 1. The average Bonchev–Trinajstić information content (AvgIpc) is 2.87. The van der Waals surface area contributed by atoms with E-state index in [2.05, 4.69) is 10.5 Å². The van der Waals surface area contributed by atoms with Crippen LogP contribution in [0.4, 0.5) is 14.9 Å². The highest BCUT2D eigenvalue weighted by Gasteiger charge is 2.28. The van der Waals surface area contributed by atoms with Crippen molar-refractivity contribution in [3.63, 3.8) is 0 Å². The number of carbonyl (C=O) groups is 1.